The SMILES string of the molecule is COC(=O)C(Cc1cnc[nH]1)NC(c1ccccc1O)C(Cc1cnc[nH]1)(N=Cc1ccccc1O)C(=O)OC. The van der Waals surface area contributed by atoms with E-state index < -0.39 is 29.6 Å². The van der Waals surface area contributed by atoms with Crippen LogP contribution in [0.2, 0.25) is 0 Å². The van der Waals surface area contributed by atoms with Gasteiger partial charge in [0.25, 0.3) is 0 Å². The quantitative estimate of drug-likeness (QED) is 0.132. The normalized spacial score (nSPS) is 14.3. The Balaban J connectivity index is 1.93. The molecule has 0 spiro atoms. The summed E-state index contributed by atoms with van der Waals surface area (Å²) in [7, 11) is 2.48. The number of hydrogen-bond donors (Lipinski definition) is 5. The number of aromatic nitrogens is 4. The molecule has 3 atom stereocenters. The fraction of sp³-hybridized carbons (Fsp3) is 0.250. The second-order valence-corrected chi connectivity index (χ2v) is 9.00. The van der Waals surface area contributed by atoms with Crippen molar-refractivity contribution in [2.75, 3.05) is 14.2 Å². The molecule has 4 aromatic rings. The van der Waals surface area contributed by atoms with Gasteiger partial charge in [0.2, 0.25) is 0 Å². The van der Waals surface area contributed by atoms with Crippen LogP contribution in [0.4, 0.5) is 0 Å². The van der Waals surface area contributed by atoms with Crippen molar-refractivity contribution in [2.24, 2.45) is 4.99 Å². The van der Waals surface area contributed by atoms with Crippen molar-refractivity contribution in [3.63, 3.8) is 0 Å². The van der Waals surface area contributed by atoms with Gasteiger partial charge in [-0.1, -0.05) is 30.3 Å². The number of rotatable bonds is 12. The van der Waals surface area contributed by atoms with Crippen molar-refractivity contribution >= 4 is 18.2 Å². The summed E-state index contributed by atoms with van der Waals surface area (Å²) in [6.45, 7) is 0. The zero-order chi connectivity index (χ0) is 28.5. The molecule has 40 heavy (non-hydrogen) atoms. The van der Waals surface area contributed by atoms with E-state index in [1.807, 2.05) is 0 Å². The molecule has 0 fully saturated rings. The molecular weight excluding hydrogens is 516 g/mol. The first kappa shape index (κ1) is 28.0. The van der Waals surface area contributed by atoms with Gasteiger partial charge in [0, 0.05) is 54.0 Å². The molecule has 2 heterocycles. The van der Waals surface area contributed by atoms with Crippen molar-refractivity contribution < 1.29 is 29.3 Å². The molecule has 208 valence electrons. The first-order valence-corrected chi connectivity index (χ1v) is 12.4. The molecule has 12 nitrogen and oxygen atoms in total. The minimum Gasteiger partial charge on any atom is -0.508 e. The van der Waals surface area contributed by atoms with Crippen molar-refractivity contribution in [3.8, 4) is 11.5 Å². The van der Waals surface area contributed by atoms with Gasteiger partial charge < -0.3 is 29.7 Å². The van der Waals surface area contributed by atoms with Crippen LogP contribution in [0, 0.1) is 0 Å². The first-order chi connectivity index (χ1) is 19.4. The summed E-state index contributed by atoms with van der Waals surface area (Å²) in [5.41, 5.74) is -0.0271. The maximum atomic E-state index is 13.8. The van der Waals surface area contributed by atoms with E-state index in [4.69, 9.17) is 14.5 Å². The number of carbonyl (C=O) groups excluding carboxylic acids is 2. The molecule has 3 unspecified atom stereocenters. The van der Waals surface area contributed by atoms with Crippen molar-refractivity contribution in [1.29, 1.82) is 0 Å². The van der Waals surface area contributed by atoms with Gasteiger partial charge in [0.1, 0.15) is 17.5 Å². The Morgan fingerprint density at radius 1 is 0.975 bits per heavy atom. The summed E-state index contributed by atoms with van der Waals surface area (Å²) < 4.78 is 10.4. The average molecular weight is 547 g/mol. The predicted molar refractivity (Wildman–Crippen MR) is 145 cm³/mol. The molecule has 0 saturated heterocycles. The molecule has 0 radical (unpaired) electrons. The third kappa shape index (κ3) is 6.18. The molecule has 0 aliphatic rings. The number of imidazole rings is 2. The standard InChI is InChI=1S/C28H30N6O6/c1-39-26(37)22(11-19-14-29-16-31-19)34-25(21-8-4-6-10-24(21)36)28(27(38)40-2,12-20-15-30-17-32-20)33-13-18-7-3-5-9-23(18)35/h3-10,13-17,22,25,34-36H,11-12H2,1-2H3,(H,29,31)(H,30,32). The topological polar surface area (TPSA) is 175 Å². The molecule has 4 rings (SSSR count). The number of phenols is 2. The van der Waals surface area contributed by atoms with Crippen LogP contribution in [0.25, 0.3) is 0 Å². The van der Waals surface area contributed by atoms with Crippen molar-refractivity contribution in [2.45, 2.75) is 30.5 Å². The number of para-hydroxylation sites is 2. The maximum absolute atomic E-state index is 13.8. The smallest absolute Gasteiger partial charge is 0.336 e. The highest BCUT2D eigenvalue weighted by atomic mass is 16.5. The number of phenolic OH excluding ortho intramolecular Hbond substituents is 2. The summed E-state index contributed by atoms with van der Waals surface area (Å²) in [5.74, 6) is -1.56. The van der Waals surface area contributed by atoms with E-state index in [0.29, 0.717) is 17.0 Å². The minimum absolute atomic E-state index is 0.0506. The number of esters is 2. The number of hydrogen-bond acceptors (Lipinski definition) is 10. The lowest BCUT2D eigenvalue weighted by molar-refractivity contribution is -0.150. The third-order valence-electron chi connectivity index (χ3n) is 6.48. The van der Waals surface area contributed by atoms with Crippen LogP contribution in [0.5, 0.6) is 11.5 Å². The number of nitrogens with one attached hydrogen (secondary N) is 3. The summed E-state index contributed by atoms with van der Waals surface area (Å²) in [4.78, 5) is 45.6. The lowest BCUT2D eigenvalue weighted by Gasteiger charge is -2.37. The van der Waals surface area contributed by atoms with Crippen LogP contribution in [0.3, 0.4) is 0 Å². The van der Waals surface area contributed by atoms with Gasteiger partial charge in [-0.2, -0.15) is 0 Å². The van der Waals surface area contributed by atoms with E-state index in [0.717, 1.165) is 0 Å². The lowest BCUT2D eigenvalue weighted by Crippen LogP contribution is -2.55. The summed E-state index contributed by atoms with van der Waals surface area (Å²) in [6, 6.07) is 10.8. The summed E-state index contributed by atoms with van der Waals surface area (Å²) in [6.07, 6.45) is 7.47. The molecule has 2 aromatic carbocycles. The second-order valence-electron chi connectivity index (χ2n) is 9.00. The zero-order valence-electron chi connectivity index (χ0n) is 21.9. The summed E-state index contributed by atoms with van der Waals surface area (Å²) in [5, 5.41) is 24.6. The van der Waals surface area contributed by atoms with Crippen LogP contribution in [0.15, 0.2) is 78.6 Å². The van der Waals surface area contributed by atoms with Crippen LogP contribution in [-0.2, 0) is 31.9 Å². The van der Waals surface area contributed by atoms with Gasteiger partial charge in [-0.15, -0.1) is 0 Å². The van der Waals surface area contributed by atoms with Crippen LogP contribution >= 0.6 is 0 Å². The van der Waals surface area contributed by atoms with E-state index in [1.54, 1.807) is 42.6 Å². The Kier molecular flexibility index (Phi) is 8.92. The molecule has 0 bridgehead atoms. The van der Waals surface area contributed by atoms with E-state index in [1.165, 1.54) is 51.4 Å². The number of benzene rings is 2. The Hall–Kier alpha value is -4.97. The Bertz CT molecular complexity index is 1440. The molecule has 0 saturated carbocycles. The van der Waals surface area contributed by atoms with E-state index in [2.05, 4.69) is 25.3 Å². The predicted octanol–water partition coefficient (Wildman–Crippen LogP) is 2.23. The van der Waals surface area contributed by atoms with Gasteiger partial charge in [0.15, 0.2) is 5.54 Å². The third-order valence-corrected chi connectivity index (χ3v) is 6.48. The van der Waals surface area contributed by atoms with Crippen LogP contribution < -0.4 is 5.32 Å². The van der Waals surface area contributed by atoms with E-state index in [9.17, 15) is 19.8 Å². The first-order valence-electron chi connectivity index (χ1n) is 12.4. The number of carbonyl (C=O) groups is 2. The van der Waals surface area contributed by atoms with E-state index in [-0.39, 0.29) is 29.9 Å². The number of methoxy groups -OCH3 is 2. The van der Waals surface area contributed by atoms with Gasteiger partial charge in [0.05, 0.1) is 32.9 Å². The van der Waals surface area contributed by atoms with Crippen molar-refractivity contribution in [3.05, 3.63) is 96.1 Å². The number of aliphatic imine (C=N–C) groups is 1. The monoisotopic (exact) mass is 546 g/mol. The number of ether oxygens (including phenoxy) is 2. The fourth-order valence-electron chi connectivity index (χ4n) is 4.48. The Morgan fingerprint density at radius 2 is 1.62 bits per heavy atom. The molecule has 0 amide bonds. The van der Waals surface area contributed by atoms with Gasteiger partial charge in [-0.3, -0.25) is 15.1 Å². The molecule has 0 aliphatic carbocycles. The van der Waals surface area contributed by atoms with E-state index >= 15 is 0 Å². The molecule has 5 N–H and O–H groups in total. The highest BCUT2D eigenvalue weighted by Gasteiger charge is 2.50. The highest BCUT2D eigenvalue weighted by molar-refractivity contribution is 5.90. The Morgan fingerprint density at radius 3 is 2.23 bits per heavy atom. The number of H-pyrrole nitrogens is 2. The number of nitrogens with zero attached hydrogens (tertiary/aromatic N) is 3. The molecule has 2 aromatic heterocycles. The second kappa shape index (κ2) is 12.7. The molecule has 12 heteroatoms. The van der Waals surface area contributed by atoms with Crippen LogP contribution in [0.1, 0.15) is 28.6 Å². The average Bonchev–Trinajstić information content (AvgIpc) is 3.68. The van der Waals surface area contributed by atoms with Gasteiger partial charge in [-0.25, -0.2) is 14.8 Å². The fourth-order valence-corrected chi connectivity index (χ4v) is 4.48. The Labute approximate surface area is 230 Å². The number of aromatic amines is 2. The van der Waals surface area contributed by atoms with Gasteiger partial charge in [-0.05, 0) is 18.2 Å². The largest absolute Gasteiger partial charge is 0.508 e. The molecule has 0 aliphatic heterocycles. The van der Waals surface area contributed by atoms with Gasteiger partial charge >= 0.3 is 11.9 Å². The highest BCUT2D eigenvalue weighted by Crippen LogP contribution is 2.39. The van der Waals surface area contributed by atoms with Crippen LogP contribution in [-0.4, -0.2) is 74.1 Å². The lowest BCUT2D eigenvalue weighted by atomic mass is 9.80. The summed E-state index contributed by atoms with van der Waals surface area (Å²) >= 11 is 0. The zero-order valence-corrected chi connectivity index (χ0v) is 21.9. The van der Waals surface area contributed by atoms with Crippen molar-refractivity contribution in [1.82, 2.24) is 25.3 Å². The maximum Gasteiger partial charge on any atom is 0.336 e. The minimum atomic E-state index is -1.82. The number of aromatic hydroxyl groups is 2. The molecular formula is C28H30N6O6.